The highest BCUT2D eigenvalue weighted by Crippen LogP contribution is 2.11. The topological polar surface area (TPSA) is 143 Å². The number of rotatable bonds is 12. The van der Waals surface area contributed by atoms with Crippen molar-refractivity contribution in [3.63, 3.8) is 0 Å². The maximum Gasteiger partial charge on any atom is 0.243 e. The fourth-order valence-electron chi connectivity index (χ4n) is 4.64. The number of hydrogen-bond acceptors (Lipinski definition) is 8. The zero-order chi connectivity index (χ0) is 36.6. The molecule has 0 aliphatic carbocycles. The number of unbranched alkanes of at least 4 members (excludes halogenated alkanes) is 3. The second kappa shape index (κ2) is 19.5. The molecule has 0 N–H and O–H groups in total. The van der Waals surface area contributed by atoms with Crippen molar-refractivity contribution in [2.75, 3.05) is 12.1 Å². The molecule has 0 bridgehead atoms. The van der Waals surface area contributed by atoms with Crippen LogP contribution in [0.5, 0.6) is 0 Å². The molecule has 266 valence electrons. The Labute approximate surface area is 296 Å². The summed E-state index contributed by atoms with van der Waals surface area (Å²) in [4.78, 5) is -0.355. The average Bonchev–Trinajstić information content (AvgIpc) is 3.50. The normalized spacial score (nSPS) is 11.3. The number of para-hydroxylation sites is 1. The molecule has 0 aliphatic heterocycles. The minimum atomic E-state index is -4.27. The van der Waals surface area contributed by atoms with Gasteiger partial charge in [0.05, 0.1) is 29.1 Å². The largest absolute Gasteiger partial charge is 0.744 e. The van der Waals surface area contributed by atoms with E-state index in [9.17, 15) is 25.9 Å². The Morgan fingerprint density at radius 2 is 1.26 bits per heavy atom. The van der Waals surface area contributed by atoms with Crippen molar-refractivity contribution < 1.29 is 35.1 Å². The van der Waals surface area contributed by atoms with Crippen molar-refractivity contribution in [1.82, 2.24) is 4.57 Å². The molecule has 0 saturated heterocycles. The lowest BCUT2D eigenvalue weighted by molar-refractivity contribution is -0.698. The van der Waals surface area contributed by atoms with Crippen molar-refractivity contribution in [3.8, 4) is 0 Å². The zero-order valence-corrected chi connectivity index (χ0v) is 30.5. The number of aryl methyl sites for hydroxylation is 5. The van der Waals surface area contributed by atoms with E-state index in [1.165, 1.54) is 49.9 Å². The lowest BCUT2D eigenvalue weighted by Crippen LogP contribution is -2.38. The first-order valence-electron chi connectivity index (χ1n) is 16.1. The van der Waals surface area contributed by atoms with Crippen LogP contribution < -0.4 is 14.1 Å². The van der Waals surface area contributed by atoms with E-state index in [-0.39, 0.29) is 9.79 Å². The van der Waals surface area contributed by atoms with Gasteiger partial charge in [-0.2, -0.15) is 9.67 Å². The highest BCUT2D eigenvalue weighted by Gasteiger charge is 2.08. The van der Waals surface area contributed by atoms with Gasteiger partial charge in [-0.05, 0) is 75.6 Å². The van der Waals surface area contributed by atoms with Crippen molar-refractivity contribution in [2.24, 2.45) is 12.1 Å². The maximum atomic E-state index is 10.4. The van der Waals surface area contributed by atoms with Gasteiger partial charge in [0.2, 0.25) is 12.0 Å². The Bertz CT molecular complexity index is 1920. The third-order valence-corrected chi connectivity index (χ3v) is 9.18. The van der Waals surface area contributed by atoms with Gasteiger partial charge in [-0.3, -0.25) is 5.01 Å². The Kier molecular flexibility index (Phi) is 15.5. The number of pyridine rings is 1. The van der Waals surface area contributed by atoms with Crippen LogP contribution in [0.1, 0.15) is 42.5 Å². The number of imidazole rings is 1. The quantitative estimate of drug-likeness (QED) is 0.0572. The van der Waals surface area contributed by atoms with Gasteiger partial charge in [-0.1, -0.05) is 53.6 Å². The summed E-state index contributed by atoms with van der Waals surface area (Å²) in [6, 6.07) is 28.0. The van der Waals surface area contributed by atoms with Crippen molar-refractivity contribution in [2.45, 2.75) is 62.4 Å². The van der Waals surface area contributed by atoms with E-state index in [1.807, 2.05) is 50.3 Å². The molecule has 11 nitrogen and oxygen atoms in total. The number of benzene rings is 3. The first kappa shape index (κ1) is 39.7. The summed E-state index contributed by atoms with van der Waals surface area (Å²) in [5.74, 6) is 0. The molecule has 5 rings (SSSR count). The lowest BCUT2D eigenvalue weighted by Gasteiger charge is -2.11. The van der Waals surface area contributed by atoms with E-state index in [0.717, 1.165) is 35.6 Å². The van der Waals surface area contributed by atoms with Crippen LogP contribution in [-0.2, 0) is 40.4 Å². The predicted octanol–water partition coefficient (Wildman–Crippen LogP) is 5.13. The van der Waals surface area contributed by atoms with E-state index in [1.54, 1.807) is 24.3 Å². The van der Waals surface area contributed by atoms with Crippen molar-refractivity contribution in [1.29, 1.82) is 0 Å². The fraction of sp³-hybridized carbons (Fsp3) is 0.270. The predicted molar refractivity (Wildman–Crippen MR) is 191 cm³/mol. The second-order valence-corrected chi connectivity index (χ2v) is 14.4. The third-order valence-electron chi connectivity index (χ3n) is 7.48. The summed E-state index contributed by atoms with van der Waals surface area (Å²) in [5.41, 5.74) is 4.07. The number of anilines is 1. The molecule has 0 saturated carbocycles. The highest BCUT2D eigenvalue weighted by molar-refractivity contribution is 7.86. The number of hydrogen-bond donors (Lipinski definition) is 0. The molecule has 0 amide bonds. The molecule has 13 heteroatoms. The van der Waals surface area contributed by atoms with Crippen LogP contribution in [0, 0.1) is 13.8 Å². The van der Waals surface area contributed by atoms with E-state index in [0.29, 0.717) is 0 Å². The summed E-state index contributed by atoms with van der Waals surface area (Å²) in [7, 11) is -4.50. The van der Waals surface area contributed by atoms with Gasteiger partial charge in [0.15, 0.2) is 6.20 Å². The van der Waals surface area contributed by atoms with E-state index in [2.05, 4.69) is 81.1 Å². The molecule has 0 unspecified atom stereocenters. The first-order chi connectivity index (χ1) is 23.7. The molecule has 2 aromatic heterocycles. The number of aromatic nitrogens is 3. The summed E-state index contributed by atoms with van der Waals surface area (Å²) in [6.07, 6.45) is 15.4. The summed E-state index contributed by atoms with van der Waals surface area (Å²) in [6.45, 7) is 5.77. The minimum Gasteiger partial charge on any atom is -0.744 e. The molecule has 5 aromatic rings. The van der Waals surface area contributed by atoms with Gasteiger partial charge in [-0.15, -0.1) is 0 Å². The summed E-state index contributed by atoms with van der Waals surface area (Å²) < 4.78 is 69.0. The Balaban J connectivity index is 0.000000251. The van der Waals surface area contributed by atoms with Crippen molar-refractivity contribution in [3.05, 3.63) is 139 Å². The highest BCUT2D eigenvalue weighted by atomic mass is 32.2. The van der Waals surface area contributed by atoms with E-state index in [4.69, 9.17) is 0 Å². The molecule has 2 heterocycles. The van der Waals surface area contributed by atoms with Crippen LogP contribution in [0.25, 0.3) is 0 Å². The molecular formula is C37H45N5O6S2. The van der Waals surface area contributed by atoms with Gasteiger partial charge in [0, 0.05) is 25.6 Å². The van der Waals surface area contributed by atoms with Gasteiger partial charge < -0.3 is 9.11 Å². The molecule has 0 fully saturated rings. The molecule has 0 atom stereocenters. The molecule has 0 radical (unpaired) electrons. The van der Waals surface area contributed by atoms with Crippen molar-refractivity contribution >= 4 is 32.1 Å². The van der Waals surface area contributed by atoms with E-state index < -0.39 is 20.2 Å². The molecule has 3 aromatic carbocycles. The van der Waals surface area contributed by atoms with Crippen LogP contribution in [0.15, 0.2) is 137 Å². The SMILES string of the molecule is CN(/N=C/c1cccc[n+]1CCCCCCn1cc[n+](C)c1)c1ccccc1.Cc1ccc(S(=O)(=O)[O-])cc1.Cc1ccc(S(=O)(=O)[O-])cc1. The number of hydrazone groups is 1. The maximum absolute atomic E-state index is 10.4. The molecule has 50 heavy (non-hydrogen) atoms. The Hall–Kier alpha value is -4.69. The zero-order valence-electron chi connectivity index (χ0n) is 28.9. The molecular weight excluding hydrogens is 675 g/mol. The molecule has 0 aliphatic rings. The minimum absolute atomic E-state index is 0.178. The van der Waals surface area contributed by atoms with Crippen LogP contribution in [0.2, 0.25) is 0 Å². The average molecular weight is 720 g/mol. The Morgan fingerprint density at radius 1 is 0.720 bits per heavy atom. The Morgan fingerprint density at radius 3 is 1.78 bits per heavy atom. The molecule has 0 spiro atoms. The summed E-state index contributed by atoms with van der Waals surface area (Å²) >= 11 is 0. The van der Waals surface area contributed by atoms with Gasteiger partial charge in [0.25, 0.3) is 0 Å². The van der Waals surface area contributed by atoms with Crippen LogP contribution in [-0.4, -0.2) is 43.8 Å². The monoisotopic (exact) mass is 719 g/mol. The third kappa shape index (κ3) is 14.4. The lowest BCUT2D eigenvalue weighted by atomic mass is 10.2. The first-order valence-corrected chi connectivity index (χ1v) is 18.9. The summed E-state index contributed by atoms with van der Waals surface area (Å²) in [5, 5.41) is 6.50. The van der Waals surface area contributed by atoms with Crippen LogP contribution in [0.3, 0.4) is 0 Å². The fourth-order valence-corrected chi connectivity index (χ4v) is 5.58. The van der Waals surface area contributed by atoms with Gasteiger partial charge >= 0.3 is 0 Å². The smallest absolute Gasteiger partial charge is 0.243 e. The standard InChI is InChI=1S/C23H31N5.2C7H8O3S/c1-25-18-19-27(21-25)15-9-3-4-10-16-28-17-11-8-14-23(28)20-24-26(2)22-12-6-5-7-13-22;2*1-6-2-4-7(5-3-6)11(8,9)10/h5-8,11-14,17-21H,3-4,9-10,15-16H2,1-2H3;2*2-5H,1H3,(H,8,9,10)/q+2;;/p-2. The number of nitrogens with zero attached hydrogens (tertiary/aromatic N) is 5. The van der Waals surface area contributed by atoms with Gasteiger partial charge in [0.1, 0.15) is 45.4 Å². The van der Waals surface area contributed by atoms with Crippen LogP contribution >= 0.6 is 0 Å². The van der Waals surface area contributed by atoms with Crippen LogP contribution in [0.4, 0.5) is 5.69 Å². The second-order valence-electron chi connectivity index (χ2n) is 11.7. The van der Waals surface area contributed by atoms with E-state index >= 15 is 0 Å². The van der Waals surface area contributed by atoms with Gasteiger partial charge in [-0.25, -0.2) is 26.0 Å².